The smallest absolute Gasteiger partial charge is 0.354 e. The minimum Gasteiger partial charge on any atom is -0.492 e. The Balaban J connectivity index is 0.00000196. The lowest BCUT2D eigenvalue weighted by Gasteiger charge is -2.08. The Kier molecular flexibility index (Phi) is 5.66. The fourth-order valence-electron chi connectivity index (χ4n) is 0.846. The van der Waals surface area contributed by atoms with Crippen LogP contribution in [0.1, 0.15) is 17.4 Å². The van der Waals surface area contributed by atoms with Crippen molar-refractivity contribution in [1.82, 2.24) is 4.98 Å². The number of nitrogens with two attached hydrogens (primary N) is 1. The van der Waals surface area contributed by atoms with Crippen LogP contribution in [0.25, 0.3) is 0 Å². The summed E-state index contributed by atoms with van der Waals surface area (Å²) in [5.41, 5.74) is 5.45. The highest BCUT2D eigenvalue weighted by Gasteiger charge is 2.05. The van der Waals surface area contributed by atoms with Crippen molar-refractivity contribution >= 4 is 18.4 Å². The second kappa shape index (κ2) is 6.21. The molecular formula is C9H13ClN2O3. The largest absolute Gasteiger partial charge is 0.492 e. The van der Waals surface area contributed by atoms with Crippen LogP contribution in [0.4, 0.5) is 0 Å². The number of ether oxygens (including phenoxy) is 1. The zero-order chi connectivity index (χ0) is 10.6. The van der Waals surface area contributed by atoms with Gasteiger partial charge in [0.1, 0.15) is 12.4 Å². The minimum atomic E-state index is -1.07. The summed E-state index contributed by atoms with van der Waals surface area (Å²) in [6.07, 6.45) is 1.39. The van der Waals surface area contributed by atoms with Crippen molar-refractivity contribution in [2.75, 3.05) is 6.61 Å². The molecule has 1 aromatic rings. The molecule has 0 saturated carbocycles. The fourth-order valence-corrected chi connectivity index (χ4v) is 0.846. The predicted molar refractivity (Wildman–Crippen MR) is 57.6 cm³/mol. The minimum absolute atomic E-state index is 0. The van der Waals surface area contributed by atoms with Crippen molar-refractivity contribution in [1.29, 1.82) is 0 Å². The normalized spacial score (nSPS) is 11.3. The molecule has 3 N–H and O–H groups in total. The summed E-state index contributed by atoms with van der Waals surface area (Å²) in [6.45, 7) is 2.16. The zero-order valence-electron chi connectivity index (χ0n) is 8.21. The molecule has 15 heavy (non-hydrogen) atoms. The van der Waals surface area contributed by atoms with E-state index in [2.05, 4.69) is 4.98 Å². The fraction of sp³-hybridized carbons (Fsp3) is 0.333. The molecule has 0 aliphatic rings. The van der Waals surface area contributed by atoms with Gasteiger partial charge in [0.2, 0.25) is 0 Å². The van der Waals surface area contributed by atoms with Crippen molar-refractivity contribution in [3.8, 4) is 5.75 Å². The first kappa shape index (κ1) is 13.7. The number of aromatic carboxylic acids is 1. The molecule has 0 aromatic carbocycles. The molecule has 0 aliphatic heterocycles. The van der Waals surface area contributed by atoms with Crippen molar-refractivity contribution in [3.63, 3.8) is 0 Å². The highest BCUT2D eigenvalue weighted by molar-refractivity contribution is 5.85. The highest BCUT2D eigenvalue weighted by atomic mass is 35.5. The lowest BCUT2D eigenvalue weighted by atomic mass is 10.3. The number of halogens is 1. The molecule has 0 amide bonds. The van der Waals surface area contributed by atoms with Gasteiger partial charge in [0.05, 0.1) is 0 Å². The molecule has 0 spiro atoms. The van der Waals surface area contributed by atoms with E-state index in [0.717, 1.165) is 0 Å². The van der Waals surface area contributed by atoms with E-state index < -0.39 is 5.97 Å². The number of nitrogens with zero attached hydrogens (tertiary/aromatic N) is 1. The molecule has 1 rings (SSSR count). The van der Waals surface area contributed by atoms with Crippen LogP contribution in [0.15, 0.2) is 18.3 Å². The van der Waals surface area contributed by atoms with Gasteiger partial charge in [-0.15, -0.1) is 12.4 Å². The monoisotopic (exact) mass is 232 g/mol. The maximum atomic E-state index is 10.5. The zero-order valence-corrected chi connectivity index (χ0v) is 9.03. The van der Waals surface area contributed by atoms with Crippen LogP contribution in [0.5, 0.6) is 5.75 Å². The first-order valence-corrected chi connectivity index (χ1v) is 4.17. The standard InChI is InChI=1S/C9H12N2O3.ClH/c1-6(10)5-14-7-2-3-11-8(4-7)9(12)13;/h2-4,6H,5,10H2,1H3,(H,12,13);1H. The summed E-state index contributed by atoms with van der Waals surface area (Å²) < 4.78 is 5.23. The van der Waals surface area contributed by atoms with E-state index in [9.17, 15) is 4.79 Å². The first-order chi connectivity index (χ1) is 6.59. The molecule has 84 valence electrons. The summed E-state index contributed by atoms with van der Waals surface area (Å²) in [4.78, 5) is 14.2. The third-order valence-corrected chi connectivity index (χ3v) is 1.46. The summed E-state index contributed by atoms with van der Waals surface area (Å²) >= 11 is 0. The second-order valence-electron chi connectivity index (χ2n) is 2.97. The molecule has 0 radical (unpaired) electrons. The van der Waals surface area contributed by atoms with Gasteiger partial charge >= 0.3 is 5.97 Å². The summed E-state index contributed by atoms with van der Waals surface area (Å²) in [7, 11) is 0. The van der Waals surface area contributed by atoms with Gasteiger partial charge in [0.15, 0.2) is 5.69 Å². The highest BCUT2D eigenvalue weighted by Crippen LogP contribution is 2.10. The number of carboxylic acid groups (broad SMARTS) is 1. The van der Waals surface area contributed by atoms with Crippen LogP contribution >= 0.6 is 12.4 Å². The molecular weight excluding hydrogens is 220 g/mol. The number of carbonyl (C=O) groups is 1. The van der Waals surface area contributed by atoms with Crippen molar-refractivity contribution in [2.45, 2.75) is 13.0 Å². The molecule has 6 heteroatoms. The van der Waals surface area contributed by atoms with Crippen molar-refractivity contribution in [3.05, 3.63) is 24.0 Å². The summed E-state index contributed by atoms with van der Waals surface area (Å²) in [6, 6.07) is 2.87. The molecule has 5 nitrogen and oxygen atoms in total. The van der Waals surface area contributed by atoms with E-state index in [1.165, 1.54) is 12.3 Å². The van der Waals surface area contributed by atoms with Crippen LogP contribution in [0.3, 0.4) is 0 Å². The van der Waals surface area contributed by atoms with Crippen LogP contribution in [0, 0.1) is 0 Å². The van der Waals surface area contributed by atoms with Crippen LogP contribution in [-0.2, 0) is 0 Å². The molecule has 1 unspecified atom stereocenters. The van der Waals surface area contributed by atoms with Crippen LogP contribution < -0.4 is 10.5 Å². The third-order valence-electron chi connectivity index (χ3n) is 1.46. The molecule has 1 atom stereocenters. The SMILES string of the molecule is CC(N)COc1ccnc(C(=O)O)c1.Cl. The Labute approximate surface area is 93.7 Å². The lowest BCUT2D eigenvalue weighted by Crippen LogP contribution is -2.23. The maximum absolute atomic E-state index is 10.5. The number of rotatable bonds is 4. The molecule has 0 saturated heterocycles. The average Bonchev–Trinajstić information content (AvgIpc) is 2.15. The summed E-state index contributed by atoms with van der Waals surface area (Å²) in [5, 5.41) is 8.64. The van der Waals surface area contributed by atoms with E-state index >= 15 is 0 Å². The van der Waals surface area contributed by atoms with Gasteiger partial charge < -0.3 is 15.6 Å². The molecule has 1 heterocycles. The number of carboxylic acids is 1. The third kappa shape index (κ3) is 4.62. The Morgan fingerprint density at radius 1 is 1.73 bits per heavy atom. The Morgan fingerprint density at radius 3 is 2.93 bits per heavy atom. The van der Waals surface area contributed by atoms with Gasteiger partial charge in [-0.3, -0.25) is 0 Å². The molecule has 0 bridgehead atoms. The van der Waals surface area contributed by atoms with Gasteiger partial charge in [0, 0.05) is 18.3 Å². The van der Waals surface area contributed by atoms with Gasteiger partial charge in [-0.25, -0.2) is 9.78 Å². The predicted octanol–water partition coefficient (Wildman–Crippen LogP) is 0.928. The number of aromatic nitrogens is 1. The maximum Gasteiger partial charge on any atom is 0.354 e. The lowest BCUT2D eigenvalue weighted by molar-refractivity contribution is 0.0690. The first-order valence-electron chi connectivity index (χ1n) is 4.17. The number of hydrogen-bond acceptors (Lipinski definition) is 4. The Morgan fingerprint density at radius 2 is 2.40 bits per heavy atom. The van der Waals surface area contributed by atoms with Crippen molar-refractivity contribution in [2.24, 2.45) is 5.73 Å². The van der Waals surface area contributed by atoms with E-state index in [1.807, 2.05) is 0 Å². The van der Waals surface area contributed by atoms with Gasteiger partial charge in [0.25, 0.3) is 0 Å². The molecule has 0 aliphatic carbocycles. The van der Waals surface area contributed by atoms with Crippen LogP contribution in [0.2, 0.25) is 0 Å². The average molecular weight is 233 g/mol. The van der Waals surface area contributed by atoms with Gasteiger partial charge in [-0.2, -0.15) is 0 Å². The molecule has 0 fully saturated rings. The Bertz CT molecular complexity index is 331. The van der Waals surface area contributed by atoms with Crippen LogP contribution in [-0.4, -0.2) is 28.7 Å². The van der Waals surface area contributed by atoms with E-state index in [4.69, 9.17) is 15.6 Å². The van der Waals surface area contributed by atoms with Gasteiger partial charge in [-0.05, 0) is 13.0 Å². The van der Waals surface area contributed by atoms with Gasteiger partial charge in [-0.1, -0.05) is 0 Å². The van der Waals surface area contributed by atoms with E-state index in [-0.39, 0.29) is 24.1 Å². The number of pyridine rings is 1. The van der Waals surface area contributed by atoms with E-state index in [0.29, 0.717) is 12.4 Å². The number of hydrogen-bond donors (Lipinski definition) is 2. The quantitative estimate of drug-likeness (QED) is 0.807. The second-order valence-corrected chi connectivity index (χ2v) is 2.97. The van der Waals surface area contributed by atoms with E-state index in [1.54, 1.807) is 13.0 Å². The topological polar surface area (TPSA) is 85.4 Å². The van der Waals surface area contributed by atoms with Crippen molar-refractivity contribution < 1.29 is 14.6 Å². The summed E-state index contributed by atoms with van der Waals surface area (Å²) in [5.74, 6) is -0.606. The Hall–Kier alpha value is -1.33. The molecule has 1 aromatic heterocycles.